The maximum Gasteiger partial charge on any atom is 0.245 e. The van der Waals surface area contributed by atoms with E-state index in [0.29, 0.717) is 31.3 Å². The van der Waals surface area contributed by atoms with Crippen molar-refractivity contribution in [3.63, 3.8) is 0 Å². The van der Waals surface area contributed by atoms with Crippen molar-refractivity contribution < 1.29 is 14.3 Å². The van der Waals surface area contributed by atoms with Crippen molar-refractivity contribution in [1.29, 1.82) is 0 Å². The van der Waals surface area contributed by atoms with Crippen LogP contribution in [0.4, 0.5) is 5.13 Å². The second-order valence-corrected chi connectivity index (χ2v) is 7.58. The molecule has 1 rings (SSSR count). The summed E-state index contributed by atoms with van der Waals surface area (Å²) in [5.74, 6) is -0.149. The Balaban J connectivity index is 2.44. The number of thiazole rings is 1. The molecule has 0 aliphatic carbocycles. The Hall–Kier alpha value is -1.47. The summed E-state index contributed by atoms with van der Waals surface area (Å²) in [5.41, 5.74) is 0.878. The van der Waals surface area contributed by atoms with E-state index in [4.69, 9.17) is 4.74 Å². The molecule has 7 heteroatoms. The predicted molar refractivity (Wildman–Crippen MR) is 111 cm³/mol. The second kappa shape index (κ2) is 14.6. The number of nitrogens with one attached hydrogen (secondary N) is 1. The summed E-state index contributed by atoms with van der Waals surface area (Å²) in [5, 5.41) is 5.25. The van der Waals surface area contributed by atoms with Gasteiger partial charge in [-0.1, -0.05) is 39.0 Å². The van der Waals surface area contributed by atoms with E-state index in [0.717, 1.165) is 25.0 Å². The number of ether oxygens (including phenoxy) is 1. The zero-order chi connectivity index (χ0) is 19.9. The van der Waals surface area contributed by atoms with Gasteiger partial charge in [-0.2, -0.15) is 0 Å². The zero-order valence-electron chi connectivity index (χ0n) is 17.1. The molecule has 0 saturated heterocycles. The highest BCUT2D eigenvalue weighted by molar-refractivity contribution is 7.13. The second-order valence-electron chi connectivity index (χ2n) is 6.73. The lowest BCUT2D eigenvalue weighted by Gasteiger charge is -2.22. The summed E-state index contributed by atoms with van der Waals surface area (Å²) in [6.07, 6.45) is 8.09. The van der Waals surface area contributed by atoms with Crippen LogP contribution in [0, 0.1) is 6.92 Å². The largest absolute Gasteiger partial charge is 0.382 e. The van der Waals surface area contributed by atoms with Gasteiger partial charge in [0.15, 0.2) is 5.13 Å². The monoisotopic (exact) mass is 397 g/mol. The van der Waals surface area contributed by atoms with Crippen molar-refractivity contribution in [2.45, 2.75) is 72.1 Å². The number of hydrogen-bond donors (Lipinski definition) is 1. The third kappa shape index (κ3) is 11.1. The van der Waals surface area contributed by atoms with Gasteiger partial charge < -0.3 is 15.0 Å². The maximum atomic E-state index is 12.6. The van der Waals surface area contributed by atoms with Crippen LogP contribution in [-0.4, -0.2) is 48.0 Å². The van der Waals surface area contributed by atoms with Crippen LogP contribution >= 0.6 is 11.3 Å². The molecule has 1 heterocycles. The van der Waals surface area contributed by atoms with E-state index >= 15 is 0 Å². The van der Waals surface area contributed by atoms with E-state index in [2.05, 4.69) is 17.2 Å². The molecule has 0 aliphatic rings. The molecule has 0 aromatic carbocycles. The molecule has 0 aliphatic heterocycles. The van der Waals surface area contributed by atoms with Crippen molar-refractivity contribution in [3.8, 4) is 0 Å². The standard InChI is InChI=1S/C20H35N3O3S/c1-4-6-7-8-9-10-12-19(25)23(13-11-14-26-5-2)15-18(24)22-20-21-17(3)16-27-20/h16H,4-15H2,1-3H3,(H,21,22,24). The zero-order valence-corrected chi connectivity index (χ0v) is 17.9. The highest BCUT2D eigenvalue weighted by Gasteiger charge is 2.17. The Morgan fingerprint density at radius 1 is 1.15 bits per heavy atom. The van der Waals surface area contributed by atoms with Crippen LogP contribution in [0.2, 0.25) is 0 Å². The summed E-state index contributed by atoms with van der Waals surface area (Å²) in [7, 11) is 0. The van der Waals surface area contributed by atoms with Gasteiger partial charge in [-0.15, -0.1) is 11.3 Å². The molecular formula is C20H35N3O3S. The molecule has 0 radical (unpaired) electrons. The summed E-state index contributed by atoms with van der Waals surface area (Å²) in [4.78, 5) is 30.8. The SMILES string of the molecule is CCCCCCCCC(=O)N(CCCOCC)CC(=O)Nc1nc(C)cs1. The Labute approximate surface area is 167 Å². The Morgan fingerprint density at radius 3 is 2.56 bits per heavy atom. The number of hydrogen-bond acceptors (Lipinski definition) is 5. The summed E-state index contributed by atoms with van der Waals surface area (Å²) < 4.78 is 5.36. The van der Waals surface area contributed by atoms with Crippen LogP contribution in [0.15, 0.2) is 5.38 Å². The lowest BCUT2D eigenvalue weighted by atomic mass is 10.1. The number of amides is 2. The highest BCUT2D eigenvalue weighted by Crippen LogP contribution is 2.14. The quantitative estimate of drug-likeness (QED) is 0.445. The molecule has 1 N–H and O–H groups in total. The average molecular weight is 398 g/mol. The number of unbranched alkanes of at least 4 members (excludes halogenated alkanes) is 5. The molecule has 1 aromatic heterocycles. The predicted octanol–water partition coefficient (Wildman–Crippen LogP) is 4.40. The van der Waals surface area contributed by atoms with Gasteiger partial charge in [0.1, 0.15) is 0 Å². The number of aromatic nitrogens is 1. The van der Waals surface area contributed by atoms with Crippen LogP contribution in [0.25, 0.3) is 0 Å². The molecule has 27 heavy (non-hydrogen) atoms. The first kappa shape index (κ1) is 23.6. The van der Waals surface area contributed by atoms with Gasteiger partial charge in [-0.05, 0) is 26.7 Å². The summed E-state index contributed by atoms with van der Waals surface area (Å²) in [6.45, 7) is 7.90. The molecule has 0 saturated carbocycles. The van der Waals surface area contributed by atoms with Crippen LogP contribution in [0.1, 0.15) is 70.9 Å². The Kier molecular flexibility index (Phi) is 12.7. The third-order valence-corrected chi connectivity index (χ3v) is 5.09. The third-order valence-electron chi connectivity index (χ3n) is 4.22. The molecule has 0 spiro atoms. The van der Waals surface area contributed by atoms with Gasteiger partial charge in [0, 0.05) is 31.6 Å². The van der Waals surface area contributed by atoms with Gasteiger partial charge in [0.2, 0.25) is 11.8 Å². The van der Waals surface area contributed by atoms with Crippen LogP contribution in [0.3, 0.4) is 0 Å². The van der Waals surface area contributed by atoms with Gasteiger partial charge >= 0.3 is 0 Å². The van der Waals surface area contributed by atoms with Crippen LogP contribution in [-0.2, 0) is 14.3 Å². The van der Waals surface area contributed by atoms with E-state index in [1.165, 1.54) is 37.0 Å². The molecule has 154 valence electrons. The van der Waals surface area contributed by atoms with Crippen molar-refractivity contribution in [1.82, 2.24) is 9.88 Å². The van der Waals surface area contributed by atoms with Crippen molar-refractivity contribution >= 4 is 28.3 Å². The smallest absolute Gasteiger partial charge is 0.245 e. The maximum absolute atomic E-state index is 12.6. The van der Waals surface area contributed by atoms with Gasteiger partial charge in [-0.3, -0.25) is 9.59 Å². The highest BCUT2D eigenvalue weighted by atomic mass is 32.1. The van der Waals surface area contributed by atoms with Crippen molar-refractivity contribution in [3.05, 3.63) is 11.1 Å². The van der Waals surface area contributed by atoms with Crippen molar-refractivity contribution in [2.75, 3.05) is 31.6 Å². The van der Waals surface area contributed by atoms with Gasteiger partial charge in [-0.25, -0.2) is 4.98 Å². The fourth-order valence-corrected chi connectivity index (χ4v) is 3.46. The lowest BCUT2D eigenvalue weighted by Crippen LogP contribution is -2.39. The fourth-order valence-electron chi connectivity index (χ4n) is 2.75. The van der Waals surface area contributed by atoms with Crippen LogP contribution in [0.5, 0.6) is 0 Å². The first-order valence-electron chi connectivity index (χ1n) is 10.1. The van der Waals surface area contributed by atoms with E-state index in [1.54, 1.807) is 4.90 Å². The number of rotatable bonds is 15. The van der Waals surface area contributed by atoms with Crippen molar-refractivity contribution in [2.24, 2.45) is 0 Å². The minimum atomic E-state index is -0.197. The number of anilines is 1. The first-order valence-corrected chi connectivity index (χ1v) is 11.0. The van der Waals surface area contributed by atoms with E-state index < -0.39 is 0 Å². The minimum absolute atomic E-state index is 0.0486. The molecule has 6 nitrogen and oxygen atoms in total. The molecule has 0 unspecified atom stereocenters. The molecule has 2 amide bonds. The van der Waals surface area contributed by atoms with E-state index in [9.17, 15) is 9.59 Å². The number of aryl methyl sites for hydroxylation is 1. The first-order chi connectivity index (χ1) is 13.1. The molecule has 0 atom stereocenters. The normalized spacial score (nSPS) is 10.8. The Bertz CT molecular complexity index is 548. The molecule has 0 bridgehead atoms. The molecular weight excluding hydrogens is 362 g/mol. The fraction of sp³-hybridized carbons (Fsp3) is 0.750. The number of carbonyl (C=O) groups is 2. The number of nitrogens with zero attached hydrogens (tertiary/aromatic N) is 2. The number of carbonyl (C=O) groups excluding carboxylic acids is 2. The lowest BCUT2D eigenvalue weighted by molar-refractivity contribution is -0.135. The molecule has 0 fully saturated rings. The summed E-state index contributed by atoms with van der Waals surface area (Å²) >= 11 is 1.39. The topological polar surface area (TPSA) is 71.5 Å². The van der Waals surface area contributed by atoms with E-state index in [1.807, 2.05) is 19.2 Å². The summed E-state index contributed by atoms with van der Waals surface area (Å²) in [6, 6.07) is 0. The van der Waals surface area contributed by atoms with Crippen LogP contribution < -0.4 is 5.32 Å². The minimum Gasteiger partial charge on any atom is -0.382 e. The Morgan fingerprint density at radius 2 is 1.89 bits per heavy atom. The van der Waals surface area contributed by atoms with Gasteiger partial charge in [0.05, 0.1) is 12.2 Å². The molecule has 1 aromatic rings. The van der Waals surface area contributed by atoms with E-state index in [-0.39, 0.29) is 18.4 Å². The van der Waals surface area contributed by atoms with Gasteiger partial charge in [0.25, 0.3) is 0 Å². The average Bonchev–Trinajstić information content (AvgIpc) is 3.05.